The van der Waals surface area contributed by atoms with E-state index in [1.807, 2.05) is 12.1 Å². The fraction of sp³-hybridized carbons (Fsp3) is 0.462. The van der Waals surface area contributed by atoms with Crippen molar-refractivity contribution in [1.82, 2.24) is 0 Å². The van der Waals surface area contributed by atoms with Crippen LogP contribution in [0.2, 0.25) is 0 Å². The predicted molar refractivity (Wildman–Crippen MR) is 60.5 cm³/mol. The molecular weight excluding hydrogens is 236 g/mol. The van der Waals surface area contributed by atoms with E-state index in [0.29, 0.717) is 6.61 Å². The molecule has 3 heterocycles. The van der Waals surface area contributed by atoms with Gasteiger partial charge in [0.15, 0.2) is 0 Å². The number of furan rings is 1. The molecule has 0 unspecified atom stereocenters. The van der Waals surface area contributed by atoms with E-state index in [4.69, 9.17) is 13.9 Å². The Hall–Kier alpha value is -1.75. The molecule has 96 valence electrons. The van der Waals surface area contributed by atoms with Gasteiger partial charge >= 0.3 is 5.97 Å². The lowest BCUT2D eigenvalue weighted by molar-refractivity contribution is -0.155. The molecule has 3 atom stereocenters. The maximum Gasteiger partial charge on any atom is 0.373 e. The van der Waals surface area contributed by atoms with Crippen molar-refractivity contribution in [1.29, 1.82) is 0 Å². The first-order chi connectivity index (χ1) is 8.79. The number of fused-ring (bicyclic) bond motifs is 1. The summed E-state index contributed by atoms with van der Waals surface area (Å²) in [6.45, 7) is 0.634. The molecule has 5 nitrogen and oxygen atoms in total. The van der Waals surface area contributed by atoms with Gasteiger partial charge in [-0.2, -0.15) is 0 Å². The monoisotopic (exact) mass is 250 g/mol. The first kappa shape index (κ1) is 11.3. The van der Waals surface area contributed by atoms with Crippen molar-refractivity contribution in [3.05, 3.63) is 36.0 Å². The lowest BCUT2D eigenvalue weighted by Gasteiger charge is -2.29. The minimum absolute atomic E-state index is 0.00431. The number of hydrogen-bond donors (Lipinski definition) is 0. The summed E-state index contributed by atoms with van der Waals surface area (Å²) in [5.74, 6) is 0.711. The molecular formula is C13H14O5. The van der Waals surface area contributed by atoms with Crippen molar-refractivity contribution >= 4 is 5.97 Å². The number of methoxy groups -OCH3 is 1. The highest BCUT2D eigenvalue weighted by Crippen LogP contribution is 2.41. The average molecular weight is 250 g/mol. The van der Waals surface area contributed by atoms with Crippen molar-refractivity contribution < 1.29 is 23.4 Å². The fourth-order valence-electron chi connectivity index (χ4n) is 2.49. The molecule has 2 aliphatic heterocycles. The fourth-order valence-corrected chi connectivity index (χ4v) is 2.49. The molecule has 0 aromatic carbocycles. The van der Waals surface area contributed by atoms with Crippen molar-refractivity contribution in [3.8, 4) is 0 Å². The zero-order valence-electron chi connectivity index (χ0n) is 10.00. The van der Waals surface area contributed by atoms with Crippen molar-refractivity contribution in [3.63, 3.8) is 0 Å². The molecule has 1 aromatic heterocycles. The van der Waals surface area contributed by atoms with Gasteiger partial charge in [0.1, 0.15) is 5.76 Å². The lowest BCUT2D eigenvalue weighted by Crippen LogP contribution is -2.31. The highest BCUT2D eigenvalue weighted by molar-refractivity contribution is 5.86. The Balaban J connectivity index is 1.95. The van der Waals surface area contributed by atoms with E-state index >= 15 is 0 Å². The highest BCUT2D eigenvalue weighted by Gasteiger charge is 2.42. The van der Waals surface area contributed by atoms with E-state index in [2.05, 4.69) is 4.74 Å². The third-order valence-electron chi connectivity index (χ3n) is 3.38. The van der Waals surface area contributed by atoms with Crippen LogP contribution in [0.5, 0.6) is 0 Å². The number of carbonyl (C=O) groups is 1. The standard InChI is InChI=1S/C13H14O5/c1-15-12(14)11-7-9(10-3-2-5-16-10)8-4-6-17-13(8)18-11/h2-3,5,7-9,13H,4,6H2,1H3/t8-,9-,13+/m0/s1. The average Bonchev–Trinajstić information content (AvgIpc) is 3.06. The Morgan fingerprint density at radius 3 is 3.11 bits per heavy atom. The molecule has 5 heteroatoms. The van der Waals surface area contributed by atoms with Crippen molar-refractivity contribution in [2.45, 2.75) is 18.6 Å². The first-order valence-electron chi connectivity index (χ1n) is 5.91. The third kappa shape index (κ3) is 1.80. The van der Waals surface area contributed by atoms with E-state index in [1.165, 1.54) is 7.11 Å². The Morgan fingerprint density at radius 1 is 1.50 bits per heavy atom. The smallest absolute Gasteiger partial charge is 0.373 e. The molecule has 2 aliphatic rings. The summed E-state index contributed by atoms with van der Waals surface area (Å²) in [5.41, 5.74) is 0. The zero-order chi connectivity index (χ0) is 12.5. The number of rotatable bonds is 2. The van der Waals surface area contributed by atoms with Gasteiger partial charge in [-0.3, -0.25) is 0 Å². The highest BCUT2D eigenvalue weighted by atomic mass is 16.7. The molecule has 0 bridgehead atoms. The van der Waals surface area contributed by atoms with Crippen LogP contribution in [0.25, 0.3) is 0 Å². The predicted octanol–water partition coefficient (Wildman–Crippen LogP) is 1.81. The van der Waals surface area contributed by atoms with Crippen LogP contribution in [0.4, 0.5) is 0 Å². The van der Waals surface area contributed by atoms with Crippen molar-refractivity contribution in [2.75, 3.05) is 13.7 Å². The lowest BCUT2D eigenvalue weighted by atomic mass is 9.86. The number of hydrogen-bond acceptors (Lipinski definition) is 5. The molecule has 0 spiro atoms. The molecule has 1 fully saturated rings. The van der Waals surface area contributed by atoms with Crippen LogP contribution < -0.4 is 0 Å². The number of allylic oxidation sites excluding steroid dienone is 1. The Kier molecular flexibility index (Phi) is 2.83. The van der Waals surface area contributed by atoms with Gasteiger partial charge in [0.2, 0.25) is 12.0 Å². The largest absolute Gasteiger partial charge is 0.469 e. The first-order valence-corrected chi connectivity index (χ1v) is 5.91. The summed E-state index contributed by atoms with van der Waals surface area (Å²) in [4.78, 5) is 11.6. The van der Waals surface area contributed by atoms with E-state index in [0.717, 1.165) is 12.2 Å². The molecule has 0 N–H and O–H groups in total. The van der Waals surface area contributed by atoms with Gasteiger partial charge in [-0.25, -0.2) is 4.79 Å². The van der Waals surface area contributed by atoms with E-state index in [-0.39, 0.29) is 23.9 Å². The van der Waals surface area contributed by atoms with Crippen LogP contribution in [0.1, 0.15) is 18.1 Å². The number of esters is 1. The zero-order valence-corrected chi connectivity index (χ0v) is 10.00. The summed E-state index contributed by atoms with van der Waals surface area (Å²) >= 11 is 0. The van der Waals surface area contributed by atoms with Crippen LogP contribution in [-0.2, 0) is 19.0 Å². The molecule has 18 heavy (non-hydrogen) atoms. The summed E-state index contributed by atoms with van der Waals surface area (Å²) in [6.07, 6.45) is 3.89. The van der Waals surface area contributed by atoms with Crippen LogP contribution in [0.15, 0.2) is 34.6 Å². The quantitative estimate of drug-likeness (QED) is 0.749. The second-order valence-corrected chi connectivity index (χ2v) is 4.37. The molecule has 0 amide bonds. The summed E-state index contributed by atoms with van der Waals surface area (Å²) in [6, 6.07) is 3.73. The second-order valence-electron chi connectivity index (χ2n) is 4.37. The minimum atomic E-state index is -0.486. The molecule has 0 saturated carbocycles. The summed E-state index contributed by atoms with van der Waals surface area (Å²) in [7, 11) is 1.33. The third-order valence-corrected chi connectivity index (χ3v) is 3.38. The molecule has 0 aliphatic carbocycles. The molecule has 1 aromatic rings. The SMILES string of the molecule is COC(=O)C1=C[C@H](c2ccco2)[C@@H]2CCO[C@@H]2O1. The van der Waals surface area contributed by atoms with Gasteiger partial charge in [-0.15, -0.1) is 0 Å². The summed E-state index contributed by atoms with van der Waals surface area (Å²) in [5, 5.41) is 0. The van der Waals surface area contributed by atoms with Crippen LogP contribution in [-0.4, -0.2) is 26.0 Å². The Labute approximate surface area is 104 Å². The van der Waals surface area contributed by atoms with E-state index < -0.39 is 5.97 Å². The van der Waals surface area contributed by atoms with Crippen LogP contribution >= 0.6 is 0 Å². The van der Waals surface area contributed by atoms with Crippen LogP contribution in [0.3, 0.4) is 0 Å². The maximum absolute atomic E-state index is 11.6. The maximum atomic E-state index is 11.6. The van der Waals surface area contributed by atoms with Gasteiger partial charge in [-0.05, 0) is 24.6 Å². The van der Waals surface area contributed by atoms with E-state index in [9.17, 15) is 4.79 Å². The minimum Gasteiger partial charge on any atom is -0.469 e. The van der Waals surface area contributed by atoms with Gasteiger partial charge < -0.3 is 18.6 Å². The molecule has 1 saturated heterocycles. The van der Waals surface area contributed by atoms with Crippen LogP contribution in [0, 0.1) is 5.92 Å². The normalized spacial score (nSPS) is 30.3. The van der Waals surface area contributed by atoms with Gasteiger partial charge in [0.05, 0.1) is 20.0 Å². The molecule has 0 radical (unpaired) electrons. The molecule has 3 rings (SSSR count). The Morgan fingerprint density at radius 2 is 2.39 bits per heavy atom. The van der Waals surface area contributed by atoms with E-state index in [1.54, 1.807) is 12.3 Å². The number of ether oxygens (including phenoxy) is 3. The summed E-state index contributed by atoms with van der Waals surface area (Å²) < 4.78 is 21.1. The number of carbonyl (C=O) groups excluding carboxylic acids is 1. The van der Waals surface area contributed by atoms with Gasteiger partial charge in [0, 0.05) is 11.8 Å². The topological polar surface area (TPSA) is 57.9 Å². The van der Waals surface area contributed by atoms with Gasteiger partial charge in [0.25, 0.3) is 0 Å². The second kappa shape index (κ2) is 4.49. The van der Waals surface area contributed by atoms with Crippen molar-refractivity contribution in [2.24, 2.45) is 5.92 Å². The van der Waals surface area contributed by atoms with Gasteiger partial charge in [-0.1, -0.05) is 0 Å². The Bertz CT molecular complexity index is 462.